The Bertz CT molecular complexity index is 197. The predicted molar refractivity (Wildman–Crippen MR) is 51.4 cm³/mol. The summed E-state index contributed by atoms with van der Waals surface area (Å²) in [4.78, 5) is 11.7. The molecule has 0 aromatic heterocycles. The molecule has 0 aromatic rings. The first-order valence-corrected chi connectivity index (χ1v) is 4.84. The first-order chi connectivity index (χ1) is 5.96. The highest BCUT2D eigenvalue weighted by Gasteiger charge is 2.41. The summed E-state index contributed by atoms with van der Waals surface area (Å²) in [5, 5.41) is 3.00. The maximum Gasteiger partial charge on any atom is 0.230 e. The second-order valence-corrected chi connectivity index (χ2v) is 4.56. The Morgan fingerprint density at radius 3 is 2.23 bits per heavy atom. The summed E-state index contributed by atoms with van der Waals surface area (Å²) in [6.07, 6.45) is 0. The van der Waals surface area contributed by atoms with Crippen molar-refractivity contribution in [1.82, 2.24) is 5.32 Å². The van der Waals surface area contributed by atoms with Gasteiger partial charge in [-0.2, -0.15) is 0 Å². The molecule has 76 valence electrons. The maximum atomic E-state index is 11.7. The van der Waals surface area contributed by atoms with E-state index in [2.05, 4.69) is 19.2 Å². The van der Waals surface area contributed by atoms with Crippen LogP contribution in [0.3, 0.4) is 0 Å². The standard InChI is InChI=1S/C10H19NO2/c1-7(2)8(3)11-9(12)10(4)5-13-6-10/h7-8H,5-6H2,1-4H3,(H,11,12)/t8-/m1/s1. The Hall–Kier alpha value is -0.570. The third-order valence-electron chi connectivity index (χ3n) is 2.75. The fraction of sp³-hybridized carbons (Fsp3) is 0.900. The van der Waals surface area contributed by atoms with Gasteiger partial charge in [-0.15, -0.1) is 0 Å². The van der Waals surface area contributed by atoms with Gasteiger partial charge in [0.15, 0.2) is 0 Å². The molecular weight excluding hydrogens is 166 g/mol. The fourth-order valence-corrected chi connectivity index (χ4v) is 1.09. The van der Waals surface area contributed by atoms with Crippen LogP contribution in [0.2, 0.25) is 0 Å². The Kier molecular flexibility index (Phi) is 2.96. The molecule has 1 heterocycles. The molecule has 1 fully saturated rings. The zero-order chi connectivity index (χ0) is 10.1. The van der Waals surface area contributed by atoms with Crippen LogP contribution in [0.15, 0.2) is 0 Å². The van der Waals surface area contributed by atoms with Gasteiger partial charge in [0.1, 0.15) is 0 Å². The van der Waals surface area contributed by atoms with Gasteiger partial charge in [0.05, 0.1) is 18.6 Å². The summed E-state index contributed by atoms with van der Waals surface area (Å²) in [7, 11) is 0. The lowest BCUT2D eigenvalue weighted by atomic mass is 9.87. The normalized spacial score (nSPS) is 22.2. The van der Waals surface area contributed by atoms with Gasteiger partial charge in [-0.25, -0.2) is 0 Å². The maximum absolute atomic E-state index is 11.7. The highest BCUT2D eigenvalue weighted by molar-refractivity contribution is 5.83. The number of rotatable bonds is 3. The quantitative estimate of drug-likeness (QED) is 0.717. The summed E-state index contributed by atoms with van der Waals surface area (Å²) in [5.74, 6) is 0.605. The summed E-state index contributed by atoms with van der Waals surface area (Å²) in [5.41, 5.74) is -0.275. The van der Waals surface area contributed by atoms with E-state index in [1.165, 1.54) is 0 Å². The third kappa shape index (κ3) is 2.21. The Labute approximate surface area is 79.8 Å². The van der Waals surface area contributed by atoms with Crippen LogP contribution in [-0.4, -0.2) is 25.2 Å². The van der Waals surface area contributed by atoms with Gasteiger partial charge in [0.2, 0.25) is 5.91 Å². The molecule has 13 heavy (non-hydrogen) atoms. The van der Waals surface area contributed by atoms with E-state index in [1.807, 2.05) is 13.8 Å². The lowest BCUT2D eigenvalue weighted by molar-refractivity contribution is -0.158. The van der Waals surface area contributed by atoms with Crippen LogP contribution in [0.4, 0.5) is 0 Å². The van der Waals surface area contributed by atoms with Crippen molar-refractivity contribution >= 4 is 5.91 Å². The SMILES string of the molecule is CC(C)[C@@H](C)NC(=O)C1(C)COC1. The van der Waals surface area contributed by atoms with Crippen LogP contribution in [0.1, 0.15) is 27.7 Å². The summed E-state index contributed by atoms with van der Waals surface area (Å²) in [6.45, 7) is 9.30. The molecule has 1 amide bonds. The van der Waals surface area contributed by atoms with Crippen LogP contribution in [0.5, 0.6) is 0 Å². The van der Waals surface area contributed by atoms with E-state index >= 15 is 0 Å². The predicted octanol–water partition coefficient (Wildman–Crippen LogP) is 1.18. The topological polar surface area (TPSA) is 38.3 Å². The molecule has 0 aromatic carbocycles. The number of amides is 1. The number of ether oxygens (including phenoxy) is 1. The van der Waals surface area contributed by atoms with Crippen molar-refractivity contribution in [3.8, 4) is 0 Å². The van der Waals surface area contributed by atoms with Crippen LogP contribution in [0.25, 0.3) is 0 Å². The first kappa shape index (κ1) is 10.5. The molecule has 0 radical (unpaired) electrons. The minimum Gasteiger partial charge on any atom is -0.379 e. The lowest BCUT2D eigenvalue weighted by Crippen LogP contribution is -2.54. The van der Waals surface area contributed by atoms with Crippen molar-refractivity contribution in [3.63, 3.8) is 0 Å². The van der Waals surface area contributed by atoms with Gasteiger partial charge in [-0.05, 0) is 19.8 Å². The van der Waals surface area contributed by atoms with Crippen molar-refractivity contribution in [1.29, 1.82) is 0 Å². The van der Waals surface area contributed by atoms with Crippen molar-refractivity contribution in [2.45, 2.75) is 33.7 Å². The highest BCUT2D eigenvalue weighted by Crippen LogP contribution is 2.26. The molecule has 1 N–H and O–H groups in total. The van der Waals surface area contributed by atoms with E-state index in [-0.39, 0.29) is 17.4 Å². The second-order valence-electron chi connectivity index (χ2n) is 4.56. The Morgan fingerprint density at radius 1 is 1.38 bits per heavy atom. The van der Waals surface area contributed by atoms with Crippen molar-refractivity contribution < 1.29 is 9.53 Å². The molecule has 0 saturated carbocycles. The molecule has 0 spiro atoms. The van der Waals surface area contributed by atoms with E-state index in [0.717, 1.165) is 0 Å². The number of hydrogen-bond acceptors (Lipinski definition) is 2. The molecule has 1 saturated heterocycles. The Balaban J connectivity index is 2.41. The zero-order valence-electron chi connectivity index (χ0n) is 8.89. The number of carbonyl (C=O) groups excluding carboxylic acids is 1. The molecule has 0 unspecified atom stereocenters. The third-order valence-corrected chi connectivity index (χ3v) is 2.75. The molecule has 1 rings (SSSR count). The fourth-order valence-electron chi connectivity index (χ4n) is 1.09. The van der Waals surface area contributed by atoms with E-state index in [0.29, 0.717) is 19.1 Å². The van der Waals surface area contributed by atoms with E-state index in [4.69, 9.17) is 4.74 Å². The largest absolute Gasteiger partial charge is 0.379 e. The van der Waals surface area contributed by atoms with E-state index in [1.54, 1.807) is 0 Å². The Morgan fingerprint density at radius 2 is 1.92 bits per heavy atom. The van der Waals surface area contributed by atoms with Crippen LogP contribution in [-0.2, 0) is 9.53 Å². The second kappa shape index (κ2) is 3.66. The highest BCUT2D eigenvalue weighted by atomic mass is 16.5. The zero-order valence-corrected chi connectivity index (χ0v) is 8.89. The molecular formula is C10H19NO2. The number of carbonyl (C=O) groups is 1. The molecule has 1 atom stereocenters. The number of nitrogens with one attached hydrogen (secondary N) is 1. The van der Waals surface area contributed by atoms with Crippen LogP contribution < -0.4 is 5.32 Å². The van der Waals surface area contributed by atoms with Crippen molar-refractivity contribution in [3.05, 3.63) is 0 Å². The van der Waals surface area contributed by atoms with Crippen molar-refractivity contribution in [2.24, 2.45) is 11.3 Å². The average Bonchev–Trinajstić information content (AvgIpc) is 1.99. The number of hydrogen-bond donors (Lipinski definition) is 1. The monoisotopic (exact) mass is 185 g/mol. The minimum absolute atomic E-state index is 0.125. The molecule has 1 aliphatic heterocycles. The summed E-state index contributed by atoms with van der Waals surface area (Å²) in [6, 6.07) is 0.241. The average molecular weight is 185 g/mol. The van der Waals surface area contributed by atoms with Gasteiger partial charge >= 0.3 is 0 Å². The summed E-state index contributed by atoms with van der Waals surface area (Å²) < 4.78 is 5.04. The van der Waals surface area contributed by atoms with Gasteiger partial charge < -0.3 is 10.1 Å². The van der Waals surface area contributed by atoms with E-state index < -0.39 is 0 Å². The van der Waals surface area contributed by atoms with Gasteiger partial charge in [0.25, 0.3) is 0 Å². The van der Waals surface area contributed by atoms with E-state index in [9.17, 15) is 4.79 Å². The van der Waals surface area contributed by atoms with Crippen LogP contribution in [0, 0.1) is 11.3 Å². The molecule has 0 bridgehead atoms. The molecule has 0 aliphatic carbocycles. The molecule has 3 heteroatoms. The minimum atomic E-state index is -0.275. The van der Waals surface area contributed by atoms with Crippen LogP contribution >= 0.6 is 0 Å². The van der Waals surface area contributed by atoms with Gasteiger partial charge in [-0.1, -0.05) is 13.8 Å². The van der Waals surface area contributed by atoms with Gasteiger partial charge in [-0.3, -0.25) is 4.79 Å². The molecule has 1 aliphatic rings. The van der Waals surface area contributed by atoms with Gasteiger partial charge in [0, 0.05) is 6.04 Å². The smallest absolute Gasteiger partial charge is 0.230 e. The lowest BCUT2D eigenvalue weighted by Gasteiger charge is -2.37. The first-order valence-electron chi connectivity index (χ1n) is 4.84. The molecule has 3 nitrogen and oxygen atoms in total. The van der Waals surface area contributed by atoms with Crippen molar-refractivity contribution in [2.75, 3.05) is 13.2 Å². The summed E-state index contributed by atoms with van der Waals surface area (Å²) >= 11 is 0.